The van der Waals surface area contributed by atoms with Crippen molar-refractivity contribution in [1.82, 2.24) is 14.4 Å². The lowest BCUT2D eigenvalue weighted by Crippen LogP contribution is -2.15. The molecule has 0 bridgehead atoms. The molecule has 0 spiro atoms. The number of hydrogen-bond acceptors (Lipinski definition) is 5. The highest BCUT2D eigenvalue weighted by atomic mass is 32.1. The summed E-state index contributed by atoms with van der Waals surface area (Å²) >= 11 is 1.35. The Kier molecular flexibility index (Phi) is 3.95. The van der Waals surface area contributed by atoms with E-state index in [1.165, 1.54) is 11.3 Å². The second kappa shape index (κ2) is 6.43. The van der Waals surface area contributed by atoms with Crippen LogP contribution in [0.5, 0.6) is 0 Å². The van der Waals surface area contributed by atoms with Gasteiger partial charge in [0.2, 0.25) is 0 Å². The summed E-state index contributed by atoms with van der Waals surface area (Å²) in [5.74, 6) is -0.248. The van der Waals surface area contributed by atoms with E-state index in [1.54, 1.807) is 16.5 Å². The number of nitrogens with one attached hydrogen (secondary N) is 1. The van der Waals surface area contributed by atoms with Crippen molar-refractivity contribution in [2.24, 2.45) is 0 Å². The van der Waals surface area contributed by atoms with Gasteiger partial charge >= 0.3 is 0 Å². The Morgan fingerprint density at radius 3 is 2.77 bits per heavy atom. The summed E-state index contributed by atoms with van der Waals surface area (Å²) in [5, 5.41) is 14.1. The number of rotatable bonds is 3. The molecular weight excluding hydrogens is 346 g/mol. The molecule has 4 aromatic rings. The highest BCUT2D eigenvalue weighted by molar-refractivity contribution is 7.14. The van der Waals surface area contributed by atoms with Crippen molar-refractivity contribution < 1.29 is 4.79 Å². The number of anilines is 1. The third kappa shape index (κ3) is 2.83. The van der Waals surface area contributed by atoms with Crippen molar-refractivity contribution in [1.29, 1.82) is 5.26 Å². The number of pyridine rings is 1. The van der Waals surface area contributed by atoms with Crippen LogP contribution in [-0.2, 0) is 0 Å². The van der Waals surface area contributed by atoms with Gasteiger partial charge in [-0.3, -0.25) is 14.5 Å². The second-order valence-electron chi connectivity index (χ2n) is 5.66. The molecule has 0 unspecified atom stereocenters. The minimum absolute atomic E-state index is 0.248. The molecule has 0 saturated carbocycles. The van der Waals surface area contributed by atoms with Gasteiger partial charge in [-0.05, 0) is 31.2 Å². The zero-order valence-electron chi connectivity index (χ0n) is 13.8. The number of aryl methyl sites for hydroxylation is 1. The van der Waals surface area contributed by atoms with E-state index in [9.17, 15) is 4.79 Å². The fourth-order valence-corrected chi connectivity index (χ4v) is 3.44. The summed E-state index contributed by atoms with van der Waals surface area (Å²) in [6.07, 6.45) is 1.81. The van der Waals surface area contributed by atoms with Crippen LogP contribution >= 0.6 is 11.3 Å². The van der Waals surface area contributed by atoms with E-state index in [1.807, 2.05) is 48.8 Å². The third-order valence-electron chi connectivity index (χ3n) is 3.95. The van der Waals surface area contributed by atoms with Gasteiger partial charge in [-0.2, -0.15) is 5.26 Å². The lowest BCUT2D eigenvalue weighted by Gasteiger charge is -2.03. The smallest absolute Gasteiger partial charge is 0.276 e. The van der Waals surface area contributed by atoms with Gasteiger partial charge in [0.05, 0.1) is 23.0 Å². The predicted octanol–water partition coefficient (Wildman–Crippen LogP) is 3.89. The number of thiazole rings is 1. The number of amides is 1. The molecule has 6 nitrogen and oxygen atoms in total. The van der Waals surface area contributed by atoms with Crippen LogP contribution in [0.2, 0.25) is 0 Å². The van der Waals surface area contributed by atoms with E-state index in [0.29, 0.717) is 22.1 Å². The molecule has 0 aliphatic heterocycles. The van der Waals surface area contributed by atoms with Crippen LogP contribution in [0, 0.1) is 18.3 Å². The maximum Gasteiger partial charge on any atom is 0.276 e. The molecule has 3 aromatic heterocycles. The highest BCUT2D eigenvalue weighted by Gasteiger charge is 2.17. The number of aromatic nitrogens is 3. The zero-order chi connectivity index (χ0) is 18.1. The number of benzene rings is 1. The third-order valence-corrected chi connectivity index (χ3v) is 4.71. The van der Waals surface area contributed by atoms with Gasteiger partial charge in [-0.15, -0.1) is 11.3 Å². The maximum atomic E-state index is 12.7. The monoisotopic (exact) mass is 359 g/mol. The Hall–Kier alpha value is -3.50. The standard InChI is InChI=1S/C19H13N5OS/c1-12-17(24-9-3-2-4-16(24)21-12)18(25)23-19-22-15(11-26-19)14-7-5-13(10-20)6-8-14/h2-9,11H,1H3,(H,22,23,25). The van der Waals surface area contributed by atoms with Crippen molar-refractivity contribution in [2.75, 3.05) is 5.32 Å². The number of carbonyl (C=O) groups excluding carboxylic acids is 1. The molecule has 0 saturated heterocycles. The molecule has 0 atom stereocenters. The minimum Gasteiger partial charge on any atom is -0.296 e. The van der Waals surface area contributed by atoms with E-state index < -0.39 is 0 Å². The highest BCUT2D eigenvalue weighted by Crippen LogP contribution is 2.25. The van der Waals surface area contributed by atoms with Crippen LogP contribution in [0.15, 0.2) is 54.0 Å². The van der Waals surface area contributed by atoms with Gasteiger partial charge in [0.15, 0.2) is 5.13 Å². The molecule has 3 heterocycles. The Morgan fingerprint density at radius 1 is 1.19 bits per heavy atom. The first-order chi connectivity index (χ1) is 12.7. The lowest BCUT2D eigenvalue weighted by atomic mass is 10.1. The largest absolute Gasteiger partial charge is 0.296 e. The number of carbonyl (C=O) groups is 1. The lowest BCUT2D eigenvalue weighted by molar-refractivity contribution is 0.102. The minimum atomic E-state index is -0.248. The predicted molar refractivity (Wildman–Crippen MR) is 100 cm³/mol. The topological polar surface area (TPSA) is 83.1 Å². The normalized spacial score (nSPS) is 10.6. The summed E-state index contributed by atoms with van der Waals surface area (Å²) in [4.78, 5) is 21.6. The first-order valence-corrected chi connectivity index (χ1v) is 8.75. The van der Waals surface area contributed by atoms with Crippen LogP contribution in [0.3, 0.4) is 0 Å². The van der Waals surface area contributed by atoms with Crippen molar-refractivity contribution in [3.8, 4) is 17.3 Å². The summed E-state index contributed by atoms with van der Waals surface area (Å²) in [6, 6.07) is 14.9. The van der Waals surface area contributed by atoms with Gasteiger partial charge in [0.25, 0.3) is 5.91 Å². The van der Waals surface area contributed by atoms with E-state index in [-0.39, 0.29) is 5.91 Å². The molecular formula is C19H13N5OS. The Balaban J connectivity index is 1.59. The van der Waals surface area contributed by atoms with Gasteiger partial charge < -0.3 is 0 Å². The number of nitriles is 1. The van der Waals surface area contributed by atoms with Crippen LogP contribution < -0.4 is 5.32 Å². The molecule has 0 aliphatic carbocycles. The number of nitrogens with zero attached hydrogens (tertiary/aromatic N) is 4. The van der Waals surface area contributed by atoms with E-state index in [4.69, 9.17) is 5.26 Å². The van der Waals surface area contributed by atoms with E-state index >= 15 is 0 Å². The Morgan fingerprint density at radius 2 is 2.00 bits per heavy atom. The fraction of sp³-hybridized carbons (Fsp3) is 0.0526. The molecule has 0 aliphatic rings. The first-order valence-electron chi connectivity index (χ1n) is 7.87. The average Bonchev–Trinajstić information content (AvgIpc) is 3.25. The molecule has 1 amide bonds. The number of hydrogen-bond donors (Lipinski definition) is 1. The van der Waals surface area contributed by atoms with Gasteiger partial charge in [-0.1, -0.05) is 18.2 Å². The summed E-state index contributed by atoms with van der Waals surface area (Å²) in [7, 11) is 0. The molecule has 26 heavy (non-hydrogen) atoms. The van der Waals surface area contributed by atoms with Crippen molar-refractivity contribution >= 4 is 28.0 Å². The molecule has 1 N–H and O–H groups in total. The van der Waals surface area contributed by atoms with Crippen LogP contribution in [-0.4, -0.2) is 20.3 Å². The van der Waals surface area contributed by atoms with Crippen molar-refractivity contribution in [3.05, 3.63) is 71.0 Å². The summed E-state index contributed by atoms with van der Waals surface area (Å²) in [5.41, 5.74) is 4.14. The molecule has 0 fully saturated rings. The quantitative estimate of drug-likeness (QED) is 0.601. The average molecular weight is 359 g/mol. The second-order valence-corrected chi connectivity index (χ2v) is 6.51. The van der Waals surface area contributed by atoms with Crippen molar-refractivity contribution in [2.45, 2.75) is 6.92 Å². The van der Waals surface area contributed by atoms with Crippen LogP contribution in [0.25, 0.3) is 16.9 Å². The first kappa shape index (κ1) is 16.0. The van der Waals surface area contributed by atoms with Crippen molar-refractivity contribution in [3.63, 3.8) is 0 Å². The molecule has 4 rings (SSSR count). The summed E-state index contributed by atoms with van der Waals surface area (Å²) < 4.78 is 1.76. The van der Waals surface area contributed by atoms with Crippen LogP contribution in [0.4, 0.5) is 5.13 Å². The number of fused-ring (bicyclic) bond motifs is 1. The molecule has 126 valence electrons. The van der Waals surface area contributed by atoms with Gasteiger partial charge in [-0.25, -0.2) is 9.97 Å². The van der Waals surface area contributed by atoms with Crippen LogP contribution in [0.1, 0.15) is 21.7 Å². The summed E-state index contributed by atoms with van der Waals surface area (Å²) in [6.45, 7) is 1.81. The van der Waals surface area contributed by atoms with E-state index in [2.05, 4.69) is 21.4 Å². The Labute approximate surface area is 153 Å². The SMILES string of the molecule is Cc1nc2ccccn2c1C(=O)Nc1nc(-c2ccc(C#N)cc2)cs1. The zero-order valence-corrected chi connectivity index (χ0v) is 14.6. The maximum absolute atomic E-state index is 12.7. The van der Waals surface area contributed by atoms with Gasteiger partial charge in [0, 0.05) is 17.1 Å². The molecule has 7 heteroatoms. The number of imidazole rings is 1. The molecule has 0 radical (unpaired) electrons. The fourth-order valence-electron chi connectivity index (χ4n) is 2.72. The Bertz CT molecular complexity index is 1150. The van der Waals surface area contributed by atoms with E-state index in [0.717, 1.165) is 16.9 Å². The van der Waals surface area contributed by atoms with Gasteiger partial charge in [0.1, 0.15) is 11.3 Å². The molecule has 1 aromatic carbocycles.